The van der Waals surface area contributed by atoms with Crippen molar-refractivity contribution < 1.29 is 9.90 Å². The van der Waals surface area contributed by atoms with Gasteiger partial charge < -0.3 is 5.11 Å². The molecular weight excluding hydrogens is 240 g/mol. The van der Waals surface area contributed by atoms with Crippen LogP contribution in [-0.4, -0.2) is 28.1 Å². The van der Waals surface area contributed by atoms with E-state index in [2.05, 4.69) is 19.3 Å². The maximum absolute atomic E-state index is 12.1. The number of aromatic hydroxyl groups is 1. The highest BCUT2D eigenvalue weighted by molar-refractivity contribution is 5.78. The number of carbonyl (C=O) groups excluding carboxylic acids is 1. The summed E-state index contributed by atoms with van der Waals surface area (Å²) in [5, 5.41) is 11.7. The van der Waals surface area contributed by atoms with Crippen LogP contribution in [-0.2, 0) is 11.2 Å². The Hall–Kier alpha value is -1.55. The van der Waals surface area contributed by atoms with Crippen molar-refractivity contribution in [3.05, 3.63) is 29.8 Å². The SMILES string of the molecule is CC1CCCC(C)N1NC(=O)Cc1ccccc1O. The number of piperidine rings is 1. The number of hydrogen-bond donors (Lipinski definition) is 2. The molecule has 1 amide bonds. The Morgan fingerprint density at radius 3 is 2.58 bits per heavy atom. The van der Waals surface area contributed by atoms with Gasteiger partial charge in [-0.15, -0.1) is 0 Å². The van der Waals surface area contributed by atoms with Gasteiger partial charge in [0.2, 0.25) is 5.91 Å². The lowest BCUT2D eigenvalue weighted by atomic mass is 10.00. The predicted octanol–water partition coefficient (Wildman–Crippen LogP) is 2.23. The van der Waals surface area contributed by atoms with Gasteiger partial charge in [-0.1, -0.05) is 24.6 Å². The first kappa shape index (κ1) is 13.9. The minimum Gasteiger partial charge on any atom is -0.508 e. The molecule has 2 N–H and O–H groups in total. The summed E-state index contributed by atoms with van der Waals surface area (Å²) in [5.41, 5.74) is 3.64. The molecule has 1 heterocycles. The number of para-hydroxylation sites is 1. The largest absolute Gasteiger partial charge is 0.508 e. The highest BCUT2D eigenvalue weighted by Gasteiger charge is 2.26. The van der Waals surface area contributed by atoms with Crippen LogP contribution < -0.4 is 5.43 Å². The number of hydrazine groups is 1. The normalized spacial score (nSPS) is 24.1. The summed E-state index contributed by atoms with van der Waals surface area (Å²) in [6.45, 7) is 4.27. The third kappa shape index (κ3) is 3.47. The molecule has 0 bridgehead atoms. The van der Waals surface area contributed by atoms with E-state index in [-0.39, 0.29) is 18.1 Å². The van der Waals surface area contributed by atoms with Crippen molar-refractivity contribution in [1.82, 2.24) is 10.4 Å². The van der Waals surface area contributed by atoms with E-state index in [0.29, 0.717) is 17.6 Å². The molecule has 0 radical (unpaired) electrons. The van der Waals surface area contributed by atoms with Crippen LogP contribution in [0, 0.1) is 0 Å². The van der Waals surface area contributed by atoms with Crippen molar-refractivity contribution in [2.45, 2.75) is 51.6 Å². The summed E-state index contributed by atoms with van der Waals surface area (Å²) in [4.78, 5) is 12.1. The fourth-order valence-corrected chi connectivity index (χ4v) is 2.66. The van der Waals surface area contributed by atoms with Crippen molar-refractivity contribution in [3.63, 3.8) is 0 Å². The molecule has 2 atom stereocenters. The maximum Gasteiger partial charge on any atom is 0.238 e. The molecule has 0 spiro atoms. The van der Waals surface area contributed by atoms with E-state index < -0.39 is 0 Å². The van der Waals surface area contributed by atoms with Crippen molar-refractivity contribution in [1.29, 1.82) is 0 Å². The number of rotatable bonds is 3. The van der Waals surface area contributed by atoms with Crippen molar-refractivity contribution in [2.75, 3.05) is 0 Å². The second kappa shape index (κ2) is 6.06. The summed E-state index contributed by atoms with van der Waals surface area (Å²) >= 11 is 0. The fraction of sp³-hybridized carbons (Fsp3) is 0.533. The molecule has 1 fully saturated rings. The highest BCUT2D eigenvalue weighted by Crippen LogP contribution is 2.21. The second-order valence-corrected chi connectivity index (χ2v) is 5.38. The van der Waals surface area contributed by atoms with Gasteiger partial charge in [-0.3, -0.25) is 10.2 Å². The summed E-state index contributed by atoms with van der Waals surface area (Å²) in [6, 6.07) is 7.71. The van der Waals surface area contributed by atoms with Crippen LogP contribution in [0.5, 0.6) is 5.75 Å². The zero-order valence-corrected chi connectivity index (χ0v) is 11.6. The molecule has 2 rings (SSSR count). The molecule has 1 aliphatic heterocycles. The van der Waals surface area contributed by atoms with Crippen LogP contribution in [0.2, 0.25) is 0 Å². The van der Waals surface area contributed by atoms with E-state index in [9.17, 15) is 9.90 Å². The molecule has 19 heavy (non-hydrogen) atoms. The van der Waals surface area contributed by atoms with E-state index in [1.54, 1.807) is 18.2 Å². The zero-order valence-electron chi connectivity index (χ0n) is 11.6. The molecule has 0 aromatic heterocycles. The standard InChI is InChI=1S/C15H22N2O2/c1-11-6-5-7-12(2)17(11)16-15(19)10-13-8-3-4-9-14(13)18/h3-4,8-9,11-12,18H,5-7,10H2,1-2H3,(H,16,19). The number of phenolic OH excluding ortho intramolecular Hbond substituents is 1. The van der Waals surface area contributed by atoms with Crippen molar-refractivity contribution in [3.8, 4) is 5.75 Å². The quantitative estimate of drug-likeness (QED) is 0.878. The minimum atomic E-state index is -0.0675. The molecule has 104 valence electrons. The molecule has 0 aliphatic carbocycles. The van der Waals surface area contributed by atoms with Crippen LogP contribution in [0.25, 0.3) is 0 Å². The molecule has 1 aliphatic rings. The van der Waals surface area contributed by atoms with Crippen LogP contribution in [0.15, 0.2) is 24.3 Å². The van der Waals surface area contributed by atoms with Crippen LogP contribution in [0.1, 0.15) is 38.7 Å². The molecule has 0 saturated carbocycles. The Kier molecular flexibility index (Phi) is 4.43. The van der Waals surface area contributed by atoms with Gasteiger partial charge in [0, 0.05) is 17.6 Å². The van der Waals surface area contributed by atoms with Gasteiger partial charge in [-0.25, -0.2) is 5.01 Å². The van der Waals surface area contributed by atoms with E-state index in [0.717, 1.165) is 12.8 Å². The van der Waals surface area contributed by atoms with Crippen LogP contribution in [0.3, 0.4) is 0 Å². The topological polar surface area (TPSA) is 52.6 Å². The van der Waals surface area contributed by atoms with Crippen molar-refractivity contribution in [2.24, 2.45) is 0 Å². The highest BCUT2D eigenvalue weighted by atomic mass is 16.3. The summed E-state index contributed by atoms with van der Waals surface area (Å²) < 4.78 is 0. The third-order valence-corrected chi connectivity index (χ3v) is 3.79. The number of carbonyl (C=O) groups is 1. The summed E-state index contributed by atoms with van der Waals surface area (Å²) in [6.07, 6.45) is 3.65. The fourth-order valence-electron chi connectivity index (χ4n) is 2.66. The number of hydrogen-bond acceptors (Lipinski definition) is 3. The Labute approximate surface area is 114 Å². The molecule has 4 heteroatoms. The lowest BCUT2D eigenvalue weighted by Crippen LogP contribution is -2.54. The molecule has 1 saturated heterocycles. The molecule has 4 nitrogen and oxygen atoms in total. The maximum atomic E-state index is 12.1. The zero-order chi connectivity index (χ0) is 13.8. The van der Waals surface area contributed by atoms with Crippen molar-refractivity contribution >= 4 is 5.91 Å². The number of phenols is 1. The number of nitrogens with zero attached hydrogens (tertiary/aromatic N) is 1. The lowest BCUT2D eigenvalue weighted by molar-refractivity contribution is -0.128. The Morgan fingerprint density at radius 1 is 1.32 bits per heavy atom. The smallest absolute Gasteiger partial charge is 0.238 e. The monoisotopic (exact) mass is 262 g/mol. The Morgan fingerprint density at radius 2 is 1.95 bits per heavy atom. The van der Waals surface area contributed by atoms with Gasteiger partial charge >= 0.3 is 0 Å². The molecule has 1 aromatic carbocycles. The Bertz CT molecular complexity index is 438. The Balaban J connectivity index is 1.96. The van der Waals surface area contributed by atoms with Gasteiger partial charge in [0.1, 0.15) is 5.75 Å². The van der Waals surface area contributed by atoms with E-state index in [1.807, 2.05) is 11.1 Å². The first-order valence-electron chi connectivity index (χ1n) is 6.92. The third-order valence-electron chi connectivity index (χ3n) is 3.79. The van der Waals surface area contributed by atoms with Crippen LogP contribution >= 0.6 is 0 Å². The van der Waals surface area contributed by atoms with Gasteiger partial charge in [0.15, 0.2) is 0 Å². The first-order valence-corrected chi connectivity index (χ1v) is 6.92. The number of benzene rings is 1. The van der Waals surface area contributed by atoms with Gasteiger partial charge in [0.05, 0.1) is 6.42 Å². The van der Waals surface area contributed by atoms with E-state index in [4.69, 9.17) is 0 Å². The molecule has 1 aromatic rings. The first-order chi connectivity index (χ1) is 9.08. The number of nitrogens with one attached hydrogen (secondary N) is 1. The average Bonchev–Trinajstić information content (AvgIpc) is 2.37. The minimum absolute atomic E-state index is 0.0675. The second-order valence-electron chi connectivity index (χ2n) is 5.38. The van der Waals surface area contributed by atoms with Gasteiger partial charge in [0.25, 0.3) is 0 Å². The molecule has 2 unspecified atom stereocenters. The van der Waals surface area contributed by atoms with E-state index in [1.165, 1.54) is 6.42 Å². The summed E-state index contributed by atoms with van der Waals surface area (Å²) in [7, 11) is 0. The van der Waals surface area contributed by atoms with Gasteiger partial charge in [-0.2, -0.15) is 0 Å². The lowest BCUT2D eigenvalue weighted by Gasteiger charge is -2.38. The average molecular weight is 262 g/mol. The number of amides is 1. The van der Waals surface area contributed by atoms with E-state index >= 15 is 0 Å². The summed E-state index contributed by atoms with van der Waals surface area (Å²) in [5.74, 6) is 0.111. The van der Waals surface area contributed by atoms with Gasteiger partial charge in [-0.05, 0) is 32.8 Å². The van der Waals surface area contributed by atoms with Crippen LogP contribution in [0.4, 0.5) is 0 Å². The molecular formula is C15H22N2O2. The predicted molar refractivity (Wildman–Crippen MR) is 74.6 cm³/mol.